The van der Waals surface area contributed by atoms with Gasteiger partial charge in [0.05, 0.1) is 12.7 Å². The molecular formula is C18H24N6O2. The topological polar surface area (TPSA) is 85.2 Å². The van der Waals surface area contributed by atoms with Crippen LogP contribution in [0.1, 0.15) is 30.6 Å². The average Bonchev–Trinajstić information content (AvgIpc) is 3.30. The number of ether oxygens (including phenoxy) is 1. The van der Waals surface area contributed by atoms with Gasteiger partial charge in [0.15, 0.2) is 0 Å². The van der Waals surface area contributed by atoms with Crippen molar-refractivity contribution in [2.24, 2.45) is 5.92 Å². The van der Waals surface area contributed by atoms with Crippen molar-refractivity contribution >= 4 is 5.91 Å². The van der Waals surface area contributed by atoms with Crippen molar-refractivity contribution in [2.75, 3.05) is 19.7 Å². The number of carbonyl (C=O) groups is 1. The lowest BCUT2D eigenvalue weighted by atomic mass is 10.0. The molecule has 2 fully saturated rings. The Morgan fingerprint density at radius 2 is 2.12 bits per heavy atom. The highest BCUT2D eigenvalue weighted by molar-refractivity contribution is 5.94. The standard InChI is InChI=1S/C18H24N6O2/c1-12(2)16-8-23-7-14(6-15(23)9-26-16)22-18(25)13-3-4-19-17(5-13)24-10-20-21-11-24/h3-5,10-12,14-16H,6-9H2,1-2H3,(H,22,25)/t14-,15+,16-/m1/s1. The number of nitrogens with one attached hydrogen (secondary N) is 1. The SMILES string of the molecule is CC(C)[C@H]1CN2C[C@H](NC(=O)c3ccnc(-n4cnnc4)c3)C[C@H]2CO1. The molecule has 1 N–H and O–H groups in total. The summed E-state index contributed by atoms with van der Waals surface area (Å²) in [6.07, 6.45) is 5.96. The lowest BCUT2D eigenvalue weighted by Gasteiger charge is -2.36. The van der Waals surface area contributed by atoms with Crippen LogP contribution in [0.15, 0.2) is 31.0 Å². The number of nitrogens with zero attached hydrogens (tertiary/aromatic N) is 5. The Kier molecular flexibility index (Phi) is 4.69. The Labute approximate surface area is 152 Å². The first-order chi connectivity index (χ1) is 12.6. The van der Waals surface area contributed by atoms with Gasteiger partial charge in [0.1, 0.15) is 18.5 Å². The lowest BCUT2D eigenvalue weighted by molar-refractivity contribution is -0.0683. The summed E-state index contributed by atoms with van der Waals surface area (Å²) >= 11 is 0. The normalized spacial score (nSPS) is 26.0. The number of hydrogen-bond acceptors (Lipinski definition) is 6. The van der Waals surface area contributed by atoms with E-state index in [0.717, 1.165) is 26.1 Å². The van der Waals surface area contributed by atoms with Gasteiger partial charge in [0.25, 0.3) is 5.91 Å². The first-order valence-electron chi connectivity index (χ1n) is 9.07. The minimum atomic E-state index is -0.0760. The molecule has 0 unspecified atom stereocenters. The van der Waals surface area contributed by atoms with Crippen LogP contribution in [0.2, 0.25) is 0 Å². The van der Waals surface area contributed by atoms with Gasteiger partial charge in [-0.15, -0.1) is 10.2 Å². The van der Waals surface area contributed by atoms with E-state index < -0.39 is 0 Å². The van der Waals surface area contributed by atoms with Crippen LogP contribution in [-0.2, 0) is 4.74 Å². The molecule has 2 aliphatic heterocycles. The molecule has 8 heteroatoms. The second-order valence-electron chi connectivity index (χ2n) is 7.40. The summed E-state index contributed by atoms with van der Waals surface area (Å²) in [6, 6.07) is 4.02. The van der Waals surface area contributed by atoms with Gasteiger partial charge >= 0.3 is 0 Å². The highest BCUT2D eigenvalue weighted by atomic mass is 16.5. The van der Waals surface area contributed by atoms with E-state index in [9.17, 15) is 4.79 Å². The first-order valence-corrected chi connectivity index (χ1v) is 9.07. The van der Waals surface area contributed by atoms with Gasteiger partial charge in [0, 0.05) is 36.9 Å². The fourth-order valence-electron chi connectivity index (χ4n) is 3.70. The highest BCUT2D eigenvalue weighted by Gasteiger charge is 2.38. The van der Waals surface area contributed by atoms with Crippen molar-refractivity contribution in [1.29, 1.82) is 0 Å². The average molecular weight is 356 g/mol. The number of amides is 1. The van der Waals surface area contributed by atoms with Gasteiger partial charge in [-0.3, -0.25) is 14.3 Å². The van der Waals surface area contributed by atoms with Gasteiger partial charge in [-0.25, -0.2) is 4.98 Å². The minimum absolute atomic E-state index is 0.0760. The number of pyridine rings is 1. The van der Waals surface area contributed by atoms with Gasteiger partial charge in [-0.2, -0.15) is 0 Å². The quantitative estimate of drug-likeness (QED) is 0.876. The van der Waals surface area contributed by atoms with Crippen LogP contribution in [0.4, 0.5) is 0 Å². The summed E-state index contributed by atoms with van der Waals surface area (Å²) < 4.78 is 7.65. The summed E-state index contributed by atoms with van der Waals surface area (Å²) in [5.41, 5.74) is 0.588. The molecule has 1 amide bonds. The Balaban J connectivity index is 1.39. The van der Waals surface area contributed by atoms with E-state index >= 15 is 0 Å². The fourth-order valence-corrected chi connectivity index (χ4v) is 3.70. The van der Waals surface area contributed by atoms with Crippen LogP contribution < -0.4 is 5.32 Å². The van der Waals surface area contributed by atoms with Crippen LogP contribution in [0, 0.1) is 5.92 Å². The molecule has 2 saturated heterocycles. The predicted octanol–water partition coefficient (Wildman–Crippen LogP) is 0.890. The van der Waals surface area contributed by atoms with Gasteiger partial charge in [0.2, 0.25) is 0 Å². The van der Waals surface area contributed by atoms with Gasteiger partial charge in [-0.1, -0.05) is 13.8 Å². The molecule has 4 heterocycles. The van der Waals surface area contributed by atoms with E-state index in [0.29, 0.717) is 23.3 Å². The number of aromatic nitrogens is 4. The third-order valence-electron chi connectivity index (χ3n) is 5.21. The zero-order chi connectivity index (χ0) is 18.1. The number of fused-ring (bicyclic) bond motifs is 1. The Hall–Kier alpha value is -2.32. The van der Waals surface area contributed by atoms with E-state index in [2.05, 4.69) is 39.2 Å². The van der Waals surface area contributed by atoms with E-state index in [1.807, 2.05) is 0 Å². The van der Waals surface area contributed by atoms with Crippen molar-refractivity contribution in [3.05, 3.63) is 36.5 Å². The van der Waals surface area contributed by atoms with E-state index in [1.165, 1.54) is 0 Å². The van der Waals surface area contributed by atoms with E-state index in [4.69, 9.17) is 4.74 Å². The molecule has 2 aliphatic rings. The van der Waals surface area contributed by atoms with Crippen molar-refractivity contribution in [3.63, 3.8) is 0 Å². The molecule has 0 aliphatic carbocycles. The van der Waals surface area contributed by atoms with Crippen molar-refractivity contribution in [3.8, 4) is 5.82 Å². The van der Waals surface area contributed by atoms with Crippen molar-refractivity contribution < 1.29 is 9.53 Å². The fraction of sp³-hybridized carbons (Fsp3) is 0.556. The number of carbonyl (C=O) groups excluding carboxylic acids is 1. The number of morpholine rings is 1. The Bertz CT molecular complexity index is 763. The maximum absolute atomic E-state index is 12.7. The lowest BCUT2D eigenvalue weighted by Crippen LogP contribution is -2.48. The van der Waals surface area contributed by atoms with Crippen molar-refractivity contribution in [1.82, 2.24) is 30.0 Å². The zero-order valence-corrected chi connectivity index (χ0v) is 15.1. The summed E-state index contributed by atoms with van der Waals surface area (Å²) in [4.78, 5) is 19.4. The molecule has 0 spiro atoms. The summed E-state index contributed by atoms with van der Waals surface area (Å²) in [5, 5.41) is 10.7. The Morgan fingerprint density at radius 3 is 2.88 bits per heavy atom. The molecule has 8 nitrogen and oxygen atoms in total. The molecule has 2 aromatic rings. The van der Waals surface area contributed by atoms with Gasteiger partial charge in [-0.05, 0) is 24.5 Å². The molecular weight excluding hydrogens is 332 g/mol. The third kappa shape index (κ3) is 3.47. The second-order valence-corrected chi connectivity index (χ2v) is 7.40. The zero-order valence-electron chi connectivity index (χ0n) is 15.1. The number of hydrogen-bond donors (Lipinski definition) is 1. The van der Waals surface area contributed by atoms with Crippen LogP contribution in [0.3, 0.4) is 0 Å². The number of rotatable bonds is 4. The summed E-state index contributed by atoms with van der Waals surface area (Å²) in [5.74, 6) is 1.06. The monoisotopic (exact) mass is 356 g/mol. The van der Waals surface area contributed by atoms with Crippen LogP contribution in [-0.4, -0.2) is 68.4 Å². The smallest absolute Gasteiger partial charge is 0.251 e. The van der Waals surface area contributed by atoms with Crippen molar-refractivity contribution in [2.45, 2.75) is 38.5 Å². The molecule has 0 saturated carbocycles. The maximum atomic E-state index is 12.7. The Morgan fingerprint density at radius 1 is 1.31 bits per heavy atom. The van der Waals surface area contributed by atoms with Crippen LogP contribution in [0.25, 0.3) is 5.82 Å². The molecule has 0 radical (unpaired) electrons. The van der Waals surface area contributed by atoms with Crippen LogP contribution in [0.5, 0.6) is 0 Å². The minimum Gasteiger partial charge on any atom is -0.375 e. The molecule has 0 bridgehead atoms. The molecule has 138 valence electrons. The summed E-state index contributed by atoms with van der Waals surface area (Å²) in [7, 11) is 0. The first kappa shape index (κ1) is 17.1. The molecule has 26 heavy (non-hydrogen) atoms. The molecule has 2 aromatic heterocycles. The van der Waals surface area contributed by atoms with Crippen LogP contribution >= 0.6 is 0 Å². The van der Waals surface area contributed by atoms with E-state index in [-0.39, 0.29) is 18.1 Å². The molecule has 4 rings (SSSR count). The second kappa shape index (κ2) is 7.13. The van der Waals surface area contributed by atoms with Gasteiger partial charge < -0.3 is 10.1 Å². The third-order valence-corrected chi connectivity index (χ3v) is 5.21. The summed E-state index contributed by atoms with van der Waals surface area (Å²) in [6.45, 7) is 6.96. The molecule has 3 atom stereocenters. The largest absolute Gasteiger partial charge is 0.375 e. The highest BCUT2D eigenvalue weighted by Crippen LogP contribution is 2.26. The maximum Gasteiger partial charge on any atom is 0.251 e. The predicted molar refractivity (Wildman–Crippen MR) is 95.0 cm³/mol. The molecule has 0 aromatic carbocycles. The van der Waals surface area contributed by atoms with E-state index in [1.54, 1.807) is 35.6 Å².